The lowest BCUT2D eigenvalue weighted by Gasteiger charge is -2.26. The summed E-state index contributed by atoms with van der Waals surface area (Å²) < 4.78 is 47.3. The van der Waals surface area contributed by atoms with Crippen LogP contribution in [0.4, 0.5) is 13.2 Å². The van der Waals surface area contributed by atoms with Crippen molar-refractivity contribution in [2.75, 3.05) is 20.3 Å². The molecule has 0 saturated carbocycles. The molecular weight excluding hydrogens is 283 g/mol. The summed E-state index contributed by atoms with van der Waals surface area (Å²) in [5.74, 6) is 0.587. The van der Waals surface area contributed by atoms with Crippen LogP contribution in [0.3, 0.4) is 0 Å². The van der Waals surface area contributed by atoms with Gasteiger partial charge in [0.25, 0.3) is 0 Å². The predicted molar refractivity (Wildman–Crippen MR) is 75.5 cm³/mol. The van der Waals surface area contributed by atoms with E-state index in [2.05, 4.69) is 5.32 Å². The summed E-state index contributed by atoms with van der Waals surface area (Å²) in [6, 6.07) is 6.88. The minimum Gasteiger partial charge on any atom is -0.497 e. The lowest BCUT2D eigenvalue weighted by molar-refractivity contribution is -0.186. The van der Waals surface area contributed by atoms with E-state index in [9.17, 15) is 13.2 Å². The maximum absolute atomic E-state index is 12.4. The maximum Gasteiger partial charge on any atom is 0.411 e. The van der Waals surface area contributed by atoms with Gasteiger partial charge in [-0.3, -0.25) is 0 Å². The zero-order valence-electron chi connectivity index (χ0n) is 12.8. The second-order valence-corrected chi connectivity index (χ2v) is 5.82. The van der Waals surface area contributed by atoms with Crippen molar-refractivity contribution in [3.05, 3.63) is 29.8 Å². The van der Waals surface area contributed by atoms with Crippen molar-refractivity contribution in [2.45, 2.75) is 38.6 Å². The SMILES string of the molecule is COc1cccc(C(CNC(C)(C)C)OCC(F)(F)F)c1. The largest absolute Gasteiger partial charge is 0.497 e. The highest BCUT2D eigenvalue weighted by molar-refractivity contribution is 5.30. The number of rotatable bonds is 6. The molecule has 1 unspecified atom stereocenters. The summed E-state index contributed by atoms with van der Waals surface area (Å²) in [5, 5.41) is 3.16. The Kier molecular flexibility index (Phi) is 6.04. The van der Waals surface area contributed by atoms with Gasteiger partial charge < -0.3 is 14.8 Å². The Morgan fingerprint density at radius 1 is 1.19 bits per heavy atom. The summed E-state index contributed by atoms with van der Waals surface area (Å²) in [4.78, 5) is 0. The minimum absolute atomic E-state index is 0.210. The Balaban J connectivity index is 2.83. The molecule has 0 fully saturated rings. The van der Waals surface area contributed by atoms with Gasteiger partial charge in [-0.05, 0) is 38.5 Å². The summed E-state index contributed by atoms with van der Waals surface area (Å²) >= 11 is 0. The molecule has 0 aliphatic rings. The normalized spacial score (nSPS) is 14.0. The van der Waals surface area contributed by atoms with Crippen LogP contribution in [-0.2, 0) is 4.74 Å². The number of alkyl halides is 3. The molecule has 1 aromatic carbocycles. The van der Waals surface area contributed by atoms with Gasteiger partial charge in [0.05, 0.1) is 13.2 Å². The summed E-state index contributed by atoms with van der Waals surface area (Å²) in [7, 11) is 1.51. The van der Waals surface area contributed by atoms with E-state index in [1.807, 2.05) is 20.8 Å². The molecule has 1 N–H and O–H groups in total. The number of halogens is 3. The van der Waals surface area contributed by atoms with Crippen LogP contribution in [0.25, 0.3) is 0 Å². The molecule has 0 heterocycles. The zero-order chi connectivity index (χ0) is 16.1. The molecule has 1 rings (SSSR count). The molecule has 1 atom stereocenters. The van der Waals surface area contributed by atoms with Crippen molar-refractivity contribution in [1.29, 1.82) is 0 Å². The summed E-state index contributed by atoms with van der Waals surface area (Å²) in [5.41, 5.74) is 0.439. The molecule has 0 spiro atoms. The minimum atomic E-state index is -4.35. The summed E-state index contributed by atoms with van der Waals surface area (Å²) in [6.45, 7) is 4.84. The van der Waals surface area contributed by atoms with Gasteiger partial charge >= 0.3 is 6.18 Å². The van der Waals surface area contributed by atoms with Crippen molar-refractivity contribution < 1.29 is 22.6 Å². The molecule has 0 radical (unpaired) electrons. The van der Waals surface area contributed by atoms with Crippen LogP contribution < -0.4 is 10.1 Å². The van der Waals surface area contributed by atoms with E-state index in [-0.39, 0.29) is 12.1 Å². The molecule has 3 nitrogen and oxygen atoms in total. The van der Waals surface area contributed by atoms with E-state index in [0.717, 1.165) is 0 Å². The number of ether oxygens (including phenoxy) is 2. The standard InChI is InChI=1S/C15H22F3NO2/c1-14(2,3)19-9-13(21-10-15(16,17)18)11-6-5-7-12(8-11)20-4/h5-8,13,19H,9-10H2,1-4H3. The van der Waals surface area contributed by atoms with E-state index in [4.69, 9.17) is 9.47 Å². The van der Waals surface area contributed by atoms with Gasteiger partial charge in [0, 0.05) is 12.1 Å². The van der Waals surface area contributed by atoms with Crippen molar-refractivity contribution in [1.82, 2.24) is 5.32 Å². The quantitative estimate of drug-likeness (QED) is 0.869. The van der Waals surface area contributed by atoms with Crippen LogP contribution in [0, 0.1) is 0 Å². The Hall–Kier alpha value is -1.27. The topological polar surface area (TPSA) is 30.5 Å². The first kappa shape index (κ1) is 17.8. The van der Waals surface area contributed by atoms with Gasteiger partial charge in [-0.25, -0.2) is 0 Å². The highest BCUT2D eigenvalue weighted by Gasteiger charge is 2.30. The average molecular weight is 305 g/mol. The molecule has 0 bridgehead atoms. The van der Waals surface area contributed by atoms with Crippen LogP contribution in [0.2, 0.25) is 0 Å². The first-order valence-corrected chi connectivity index (χ1v) is 6.68. The number of hydrogen-bond donors (Lipinski definition) is 1. The second-order valence-electron chi connectivity index (χ2n) is 5.82. The first-order valence-electron chi connectivity index (χ1n) is 6.68. The lowest BCUT2D eigenvalue weighted by atomic mass is 10.1. The molecule has 0 aromatic heterocycles. The van der Waals surface area contributed by atoms with E-state index < -0.39 is 18.9 Å². The molecule has 0 aliphatic carbocycles. The van der Waals surface area contributed by atoms with Gasteiger partial charge in [-0.2, -0.15) is 13.2 Å². The average Bonchev–Trinajstić information content (AvgIpc) is 2.36. The molecule has 0 saturated heterocycles. The van der Waals surface area contributed by atoms with Gasteiger partial charge in [0.1, 0.15) is 12.4 Å². The van der Waals surface area contributed by atoms with Crippen molar-refractivity contribution in [3.8, 4) is 5.75 Å². The fourth-order valence-corrected chi connectivity index (χ4v) is 1.71. The third kappa shape index (κ3) is 7.34. The monoisotopic (exact) mass is 305 g/mol. The third-order valence-electron chi connectivity index (χ3n) is 2.73. The van der Waals surface area contributed by atoms with Crippen LogP contribution in [0.1, 0.15) is 32.4 Å². The number of benzene rings is 1. The highest BCUT2D eigenvalue weighted by Crippen LogP contribution is 2.25. The second kappa shape index (κ2) is 7.13. The molecule has 0 aliphatic heterocycles. The van der Waals surface area contributed by atoms with E-state index >= 15 is 0 Å². The van der Waals surface area contributed by atoms with Crippen LogP contribution in [-0.4, -0.2) is 32.0 Å². The van der Waals surface area contributed by atoms with Crippen LogP contribution in [0.15, 0.2) is 24.3 Å². The smallest absolute Gasteiger partial charge is 0.411 e. The van der Waals surface area contributed by atoms with Crippen LogP contribution in [0.5, 0.6) is 5.75 Å². The Morgan fingerprint density at radius 3 is 2.38 bits per heavy atom. The number of nitrogens with one attached hydrogen (secondary N) is 1. The van der Waals surface area contributed by atoms with Crippen molar-refractivity contribution in [2.24, 2.45) is 0 Å². The fraction of sp³-hybridized carbons (Fsp3) is 0.600. The van der Waals surface area contributed by atoms with Gasteiger partial charge in [-0.1, -0.05) is 12.1 Å². The van der Waals surface area contributed by atoms with Crippen LogP contribution >= 0.6 is 0 Å². The van der Waals surface area contributed by atoms with Gasteiger partial charge in [-0.15, -0.1) is 0 Å². The number of methoxy groups -OCH3 is 1. The lowest BCUT2D eigenvalue weighted by Crippen LogP contribution is -2.39. The van der Waals surface area contributed by atoms with E-state index in [0.29, 0.717) is 11.3 Å². The van der Waals surface area contributed by atoms with Gasteiger partial charge in [0.15, 0.2) is 0 Å². The fourth-order valence-electron chi connectivity index (χ4n) is 1.71. The predicted octanol–water partition coefficient (Wildman–Crippen LogP) is 3.70. The molecule has 21 heavy (non-hydrogen) atoms. The maximum atomic E-state index is 12.4. The molecule has 6 heteroatoms. The Bertz CT molecular complexity index is 423. The first-order chi connectivity index (χ1) is 9.61. The number of hydrogen-bond acceptors (Lipinski definition) is 3. The summed E-state index contributed by atoms with van der Waals surface area (Å²) in [6.07, 6.45) is -5.04. The zero-order valence-corrected chi connectivity index (χ0v) is 12.8. The van der Waals surface area contributed by atoms with E-state index in [1.54, 1.807) is 24.3 Å². The Labute approximate surface area is 123 Å². The molecule has 120 valence electrons. The van der Waals surface area contributed by atoms with Gasteiger partial charge in [0.2, 0.25) is 0 Å². The molecule has 1 aromatic rings. The van der Waals surface area contributed by atoms with E-state index in [1.165, 1.54) is 7.11 Å². The molecular formula is C15H22F3NO2. The molecule has 0 amide bonds. The van der Waals surface area contributed by atoms with Crippen molar-refractivity contribution >= 4 is 0 Å². The Morgan fingerprint density at radius 2 is 1.86 bits per heavy atom. The highest BCUT2D eigenvalue weighted by atomic mass is 19.4. The van der Waals surface area contributed by atoms with Crippen molar-refractivity contribution in [3.63, 3.8) is 0 Å². The third-order valence-corrected chi connectivity index (χ3v) is 2.73.